The maximum atomic E-state index is 14.5. The standard InChI is InChI=1S/C17H16F2N2O3.C2H6/c1-9-5-6-11(10(18)8-9)20-15-13(17(23)24)12-4-2-3-7-21(12)16(22)14(15)19;1-2/h5-6,8,20H,2-4,7H2,1H3,(H,23,24);1-2H3. The summed E-state index contributed by atoms with van der Waals surface area (Å²) in [6.45, 7) is 5.98. The van der Waals surface area contributed by atoms with Gasteiger partial charge < -0.3 is 15.0 Å². The molecule has 1 aromatic carbocycles. The van der Waals surface area contributed by atoms with Gasteiger partial charge in [0.15, 0.2) is 0 Å². The van der Waals surface area contributed by atoms with Gasteiger partial charge in [0.1, 0.15) is 11.4 Å². The van der Waals surface area contributed by atoms with Gasteiger partial charge in [0.2, 0.25) is 5.82 Å². The number of halogens is 2. The van der Waals surface area contributed by atoms with Gasteiger partial charge in [-0.05, 0) is 43.9 Å². The summed E-state index contributed by atoms with van der Waals surface area (Å²) in [5, 5.41) is 12.0. The molecule has 1 aromatic heterocycles. The topological polar surface area (TPSA) is 71.3 Å². The first-order valence-corrected chi connectivity index (χ1v) is 8.61. The summed E-state index contributed by atoms with van der Waals surface area (Å²) in [6.07, 6.45) is 1.76. The van der Waals surface area contributed by atoms with Gasteiger partial charge in [-0.25, -0.2) is 9.18 Å². The maximum Gasteiger partial charge on any atom is 0.339 e. The number of pyridine rings is 1. The normalized spacial score (nSPS) is 12.7. The van der Waals surface area contributed by atoms with E-state index in [1.165, 1.54) is 16.7 Å². The number of aromatic carboxylic acids is 1. The van der Waals surface area contributed by atoms with Crippen molar-refractivity contribution >= 4 is 17.3 Å². The summed E-state index contributed by atoms with van der Waals surface area (Å²) in [5.41, 5.74) is -0.820. The highest BCUT2D eigenvalue weighted by atomic mass is 19.1. The van der Waals surface area contributed by atoms with E-state index in [0.717, 1.165) is 0 Å². The average molecular weight is 364 g/mol. The molecule has 140 valence electrons. The number of carboxylic acid groups (broad SMARTS) is 1. The first kappa shape index (κ1) is 19.6. The average Bonchev–Trinajstić information content (AvgIpc) is 2.63. The molecular weight excluding hydrogens is 342 g/mol. The van der Waals surface area contributed by atoms with Crippen molar-refractivity contribution in [1.82, 2.24) is 4.57 Å². The first-order chi connectivity index (χ1) is 12.4. The second kappa shape index (κ2) is 8.12. The Morgan fingerprint density at radius 1 is 1.23 bits per heavy atom. The van der Waals surface area contributed by atoms with Crippen molar-refractivity contribution in [2.45, 2.75) is 46.6 Å². The third-order valence-corrected chi connectivity index (χ3v) is 4.16. The van der Waals surface area contributed by atoms with Crippen molar-refractivity contribution in [3.63, 3.8) is 0 Å². The molecule has 26 heavy (non-hydrogen) atoms. The van der Waals surface area contributed by atoms with Crippen LogP contribution < -0.4 is 10.9 Å². The van der Waals surface area contributed by atoms with Crippen LogP contribution in [0.1, 0.15) is 48.3 Å². The highest BCUT2D eigenvalue weighted by Gasteiger charge is 2.28. The zero-order chi connectivity index (χ0) is 19.4. The number of hydrogen-bond donors (Lipinski definition) is 2. The van der Waals surface area contributed by atoms with E-state index in [4.69, 9.17) is 0 Å². The predicted octanol–water partition coefficient (Wildman–Crippen LogP) is 4.24. The molecule has 2 heterocycles. The van der Waals surface area contributed by atoms with Gasteiger partial charge in [0, 0.05) is 12.2 Å². The second-order valence-corrected chi connectivity index (χ2v) is 5.84. The van der Waals surface area contributed by atoms with Crippen molar-refractivity contribution in [1.29, 1.82) is 0 Å². The van der Waals surface area contributed by atoms with Gasteiger partial charge in [-0.1, -0.05) is 19.9 Å². The fourth-order valence-electron chi connectivity index (χ4n) is 3.00. The van der Waals surface area contributed by atoms with Crippen molar-refractivity contribution in [3.8, 4) is 0 Å². The van der Waals surface area contributed by atoms with Gasteiger partial charge >= 0.3 is 5.97 Å². The number of aromatic nitrogens is 1. The molecule has 7 heteroatoms. The van der Waals surface area contributed by atoms with E-state index in [9.17, 15) is 23.5 Å². The number of aryl methyl sites for hydroxylation is 1. The smallest absolute Gasteiger partial charge is 0.339 e. The van der Waals surface area contributed by atoms with Crippen molar-refractivity contribution in [2.24, 2.45) is 0 Å². The minimum absolute atomic E-state index is 0.0813. The first-order valence-electron chi connectivity index (χ1n) is 8.61. The van der Waals surface area contributed by atoms with E-state index in [0.29, 0.717) is 24.8 Å². The molecule has 2 aromatic rings. The number of hydrogen-bond acceptors (Lipinski definition) is 3. The molecule has 1 aliphatic heterocycles. The summed E-state index contributed by atoms with van der Waals surface area (Å²) < 4.78 is 29.7. The molecular formula is C19H22F2N2O3. The summed E-state index contributed by atoms with van der Waals surface area (Å²) >= 11 is 0. The van der Waals surface area contributed by atoms with E-state index in [1.807, 2.05) is 13.8 Å². The van der Waals surface area contributed by atoms with Crippen molar-refractivity contribution in [3.05, 3.63) is 57.0 Å². The molecule has 0 unspecified atom stereocenters. The zero-order valence-corrected chi connectivity index (χ0v) is 15.0. The third kappa shape index (κ3) is 3.61. The molecule has 0 spiro atoms. The lowest BCUT2D eigenvalue weighted by Crippen LogP contribution is -2.33. The van der Waals surface area contributed by atoms with E-state index in [2.05, 4.69) is 5.32 Å². The Labute approximate surface area is 150 Å². The van der Waals surface area contributed by atoms with Gasteiger partial charge in [0.05, 0.1) is 11.4 Å². The van der Waals surface area contributed by atoms with E-state index in [1.54, 1.807) is 13.0 Å². The molecule has 5 nitrogen and oxygen atoms in total. The minimum atomic E-state index is -1.35. The van der Waals surface area contributed by atoms with Crippen LogP contribution in [0.4, 0.5) is 20.2 Å². The van der Waals surface area contributed by atoms with Gasteiger partial charge in [-0.2, -0.15) is 4.39 Å². The number of anilines is 2. The zero-order valence-electron chi connectivity index (χ0n) is 15.0. The fourth-order valence-corrected chi connectivity index (χ4v) is 3.00. The Kier molecular flexibility index (Phi) is 6.13. The summed E-state index contributed by atoms with van der Waals surface area (Å²) in [7, 11) is 0. The van der Waals surface area contributed by atoms with Crippen LogP contribution in [0.2, 0.25) is 0 Å². The molecule has 0 aliphatic carbocycles. The van der Waals surface area contributed by atoms with Crippen LogP contribution in [0.15, 0.2) is 23.0 Å². The summed E-state index contributed by atoms with van der Waals surface area (Å²) in [4.78, 5) is 23.9. The number of carbonyl (C=O) groups is 1. The van der Waals surface area contributed by atoms with Gasteiger partial charge in [-0.3, -0.25) is 4.79 Å². The van der Waals surface area contributed by atoms with Gasteiger partial charge in [-0.15, -0.1) is 0 Å². The monoisotopic (exact) mass is 364 g/mol. The molecule has 0 amide bonds. The number of nitrogens with zero attached hydrogens (tertiary/aromatic N) is 1. The van der Waals surface area contributed by atoms with Crippen LogP contribution in [-0.4, -0.2) is 15.6 Å². The van der Waals surface area contributed by atoms with Crippen LogP contribution >= 0.6 is 0 Å². The number of carboxylic acids is 1. The van der Waals surface area contributed by atoms with Crippen molar-refractivity contribution in [2.75, 3.05) is 5.32 Å². The third-order valence-electron chi connectivity index (χ3n) is 4.16. The molecule has 1 aliphatic rings. The van der Waals surface area contributed by atoms with E-state index in [-0.39, 0.29) is 23.5 Å². The number of benzene rings is 1. The molecule has 0 saturated heterocycles. The van der Waals surface area contributed by atoms with E-state index >= 15 is 0 Å². The summed E-state index contributed by atoms with van der Waals surface area (Å²) in [6, 6.07) is 4.23. The van der Waals surface area contributed by atoms with Crippen LogP contribution in [0.3, 0.4) is 0 Å². The minimum Gasteiger partial charge on any atom is -0.478 e. The molecule has 2 N–H and O–H groups in total. The lowest BCUT2D eigenvalue weighted by Gasteiger charge is -2.23. The van der Waals surface area contributed by atoms with Crippen LogP contribution in [-0.2, 0) is 13.0 Å². The lowest BCUT2D eigenvalue weighted by molar-refractivity contribution is 0.0694. The Balaban J connectivity index is 0.00000117. The highest BCUT2D eigenvalue weighted by molar-refractivity contribution is 5.96. The number of fused-ring (bicyclic) bond motifs is 1. The van der Waals surface area contributed by atoms with Crippen LogP contribution in [0.25, 0.3) is 0 Å². The quantitative estimate of drug-likeness (QED) is 0.855. The second-order valence-electron chi connectivity index (χ2n) is 5.84. The van der Waals surface area contributed by atoms with Crippen LogP contribution in [0.5, 0.6) is 0 Å². The Hall–Kier alpha value is -2.70. The molecule has 0 fully saturated rings. The largest absolute Gasteiger partial charge is 0.478 e. The SMILES string of the molecule is CC.Cc1ccc(Nc2c(C(=O)O)c3n(c(=O)c2F)CCCC3)c(F)c1. The Bertz CT molecular complexity index is 891. The van der Waals surface area contributed by atoms with E-state index < -0.39 is 28.9 Å². The molecule has 0 bridgehead atoms. The fraction of sp³-hybridized carbons (Fsp3) is 0.368. The lowest BCUT2D eigenvalue weighted by atomic mass is 10.0. The Morgan fingerprint density at radius 3 is 2.54 bits per heavy atom. The summed E-state index contributed by atoms with van der Waals surface area (Å²) in [5.74, 6) is -3.21. The maximum absolute atomic E-state index is 14.5. The highest BCUT2D eigenvalue weighted by Crippen LogP contribution is 2.29. The van der Waals surface area contributed by atoms with Crippen molar-refractivity contribution < 1.29 is 18.7 Å². The van der Waals surface area contributed by atoms with Crippen LogP contribution in [0, 0.1) is 18.6 Å². The Morgan fingerprint density at radius 2 is 1.92 bits per heavy atom. The predicted molar refractivity (Wildman–Crippen MR) is 96.3 cm³/mol. The molecule has 0 radical (unpaired) electrons. The molecule has 3 rings (SSSR count). The van der Waals surface area contributed by atoms with Gasteiger partial charge in [0.25, 0.3) is 5.56 Å². The number of rotatable bonds is 3. The molecule has 0 saturated carbocycles. The molecule has 0 atom stereocenters. The number of nitrogens with one attached hydrogen (secondary N) is 1.